The summed E-state index contributed by atoms with van der Waals surface area (Å²) in [5.74, 6) is -0.147. The van der Waals surface area contributed by atoms with Gasteiger partial charge in [0.25, 0.3) is 5.91 Å². The Morgan fingerprint density at radius 1 is 1.03 bits per heavy atom. The number of hydrogen-bond donors (Lipinski definition) is 2. The molecular weight excluding hydrogens is 366 g/mol. The highest BCUT2D eigenvalue weighted by molar-refractivity contribution is 6.07. The van der Waals surface area contributed by atoms with E-state index in [0.29, 0.717) is 29.2 Å². The van der Waals surface area contributed by atoms with E-state index < -0.39 is 5.97 Å². The van der Waals surface area contributed by atoms with Gasteiger partial charge in [-0.05, 0) is 43.7 Å². The van der Waals surface area contributed by atoms with Crippen LogP contribution in [0.15, 0.2) is 66.9 Å². The molecule has 0 atom stereocenters. The predicted octanol–water partition coefficient (Wildman–Crippen LogP) is 4.43. The third-order valence-electron chi connectivity index (χ3n) is 4.25. The Hall–Kier alpha value is -3.67. The lowest BCUT2D eigenvalue weighted by atomic mass is 10.1. The number of nitrogens with zero attached hydrogens (tertiary/aromatic N) is 1. The van der Waals surface area contributed by atoms with Gasteiger partial charge >= 0.3 is 5.97 Å². The first-order chi connectivity index (χ1) is 14.1. The zero-order valence-electron chi connectivity index (χ0n) is 16.4. The van der Waals surface area contributed by atoms with Crippen LogP contribution < -0.4 is 10.6 Å². The summed E-state index contributed by atoms with van der Waals surface area (Å²) >= 11 is 0. The molecule has 0 aliphatic heterocycles. The largest absolute Gasteiger partial charge is 0.462 e. The van der Waals surface area contributed by atoms with Crippen LogP contribution in [0.3, 0.4) is 0 Å². The van der Waals surface area contributed by atoms with Gasteiger partial charge in [-0.3, -0.25) is 4.79 Å². The third kappa shape index (κ3) is 5.42. The predicted molar refractivity (Wildman–Crippen MR) is 113 cm³/mol. The first-order valence-electron chi connectivity index (χ1n) is 9.40. The van der Waals surface area contributed by atoms with Crippen molar-refractivity contribution in [2.24, 2.45) is 0 Å². The minimum Gasteiger partial charge on any atom is -0.462 e. The maximum atomic E-state index is 12.6. The standard InChI is InChI=1S/C23H23N3O3/c1-3-29-23(28)19-9-4-5-10-20(19)26-22(27)18-11-12-21(25-15-18)24-14-17-8-6-7-16(2)13-17/h4-13,15H,3,14H2,1-2H3,(H,24,25)(H,26,27). The average molecular weight is 389 g/mol. The number of carbonyl (C=O) groups excluding carboxylic acids is 2. The molecule has 1 heterocycles. The molecule has 29 heavy (non-hydrogen) atoms. The fourth-order valence-corrected chi connectivity index (χ4v) is 2.82. The lowest BCUT2D eigenvalue weighted by Gasteiger charge is -2.11. The molecule has 0 aliphatic carbocycles. The molecule has 2 aromatic carbocycles. The van der Waals surface area contributed by atoms with Gasteiger partial charge in [0.2, 0.25) is 0 Å². The number of benzene rings is 2. The van der Waals surface area contributed by atoms with Crippen LogP contribution in [0.1, 0.15) is 38.8 Å². The molecule has 0 saturated heterocycles. The summed E-state index contributed by atoms with van der Waals surface area (Å²) in [5, 5.41) is 5.99. The molecule has 0 aliphatic rings. The van der Waals surface area contributed by atoms with Crippen LogP contribution in [0.2, 0.25) is 0 Å². The molecule has 1 amide bonds. The van der Waals surface area contributed by atoms with Gasteiger partial charge < -0.3 is 15.4 Å². The van der Waals surface area contributed by atoms with Crippen molar-refractivity contribution in [2.45, 2.75) is 20.4 Å². The molecular formula is C23H23N3O3. The summed E-state index contributed by atoms with van der Waals surface area (Å²) in [7, 11) is 0. The van der Waals surface area contributed by atoms with Crippen molar-refractivity contribution in [3.8, 4) is 0 Å². The van der Waals surface area contributed by atoms with Crippen LogP contribution in [-0.2, 0) is 11.3 Å². The van der Waals surface area contributed by atoms with Crippen molar-refractivity contribution in [2.75, 3.05) is 17.2 Å². The highest BCUT2D eigenvalue weighted by Gasteiger charge is 2.15. The number of ether oxygens (including phenoxy) is 1. The minimum absolute atomic E-state index is 0.266. The number of hydrogen-bond acceptors (Lipinski definition) is 5. The first kappa shape index (κ1) is 20.1. The van der Waals surface area contributed by atoms with Gasteiger partial charge in [0.1, 0.15) is 5.82 Å². The van der Waals surface area contributed by atoms with Crippen LogP contribution in [0, 0.1) is 6.92 Å². The fourth-order valence-electron chi connectivity index (χ4n) is 2.82. The van der Waals surface area contributed by atoms with E-state index in [9.17, 15) is 9.59 Å². The molecule has 0 saturated carbocycles. The van der Waals surface area contributed by atoms with Crippen LogP contribution in [0.5, 0.6) is 0 Å². The van der Waals surface area contributed by atoms with Gasteiger partial charge in [-0.1, -0.05) is 42.0 Å². The monoisotopic (exact) mass is 389 g/mol. The lowest BCUT2D eigenvalue weighted by Crippen LogP contribution is -2.16. The Bertz CT molecular complexity index is 1000. The van der Waals surface area contributed by atoms with Crippen molar-refractivity contribution < 1.29 is 14.3 Å². The fraction of sp³-hybridized carbons (Fsp3) is 0.174. The van der Waals surface area contributed by atoms with Gasteiger partial charge in [-0.15, -0.1) is 0 Å². The summed E-state index contributed by atoms with van der Waals surface area (Å²) in [5.41, 5.74) is 3.46. The minimum atomic E-state index is -0.475. The second-order valence-corrected chi connectivity index (χ2v) is 6.49. The zero-order valence-corrected chi connectivity index (χ0v) is 16.4. The topological polar surface area (TPSA) is 80.3 Å². The van der Waals surface area contributed by atoms with E-state index >= 15 is 0 Å². The second kappa shape index (κ2) is 9.50. The summed E-state index contributed by atoms with van der Waals surface area (Å²) in [6.45, 7) is 4.70. The number of carbonyl (C=O) groups is 2. The highest BCUT2D eigenvalue weighted by Crippen LogP contribution is 2.18. The van der Waals surface area contributed by atoms with Crippen LogP contribution in [0.4, 0.5) is 11.5 Å². The number of nitrogens with one attached hydrogen (secondary N) is 2. The van der Waals surface area contributed by atoms with Crippen molar-refractivity contribution in [1.29, 1.82) is 0 Å². The van der Waals surface area contributed by atoms with E-state index in [0.717, 1.165) is 5.56 Å². The first-order valence-corrected chi connectivity index (χ1v) is 9.40. The van der Waals surface area contributed by atoms with Crippen molar-refractivity contribution >= 4 is 23.4 Å². The number of anilines is 2. The van der Waals surface area contributed by atoms with Gasteiger partial charge in [0.05, 0.1) is 23.4 Å². The number of rotatable bonds is 7. The maximum absolute atomic E-state index is 12.6. The van der Waals surface area contributed by atoms with Crippen molar-refractivity contribution in [3.63, 3.8) is 0 Å². The number of para-hydroxylation sites is 1. The van der Waals surface area contributed by atoms with E-state index in [4.69, 9.17) is 4.74 Å². The molecule has 2 N–H and O–H groups in total. The Kier molecular flexibility index (Phi) is 6.58. The molecule has 3 rings (SSSR count). The highest BCUT2D eigenvalue weighted by atomic mass is 16.5. The molecule has 0 spiro atoms. The zero-order chi connectivity index (χ0) is 20.6. The van der Waals surface area contributed by atoms with Gasteiger partial charge in [-0.2, -0.15) is 0 Å². The molecule has 0 unspecified atom stereocenters. The van der Waals surface area contributed by atoms with E-state index in [-0.39, 0.29) is 12.5 Å². The van der Waals surface area contributed by atoms with Gasteiger partial charge in [-0.25, -0.2) is 9.78 Å². The smallest absolute Gasteiger partial charge is 0.340 e. The molecule has 1 aromatic heterocycles. The van der Waals surface area contributed by atoms with Crippen LogP contribution in [0.25, 0.3) is 0 Å². The average Bonchev–Trinajstić information content (AvgIpc) is 2.73. The summed E-state index contributed by atoms with van der Waals surface area (Å²) < 4.78 is 5.03. The number of aryl methyl sites for hydroxylation is 1. The Morgan fingerprint density at radius 3 is 2.59 bits per heavy atom. The van der Waals surface area contributed by atoms with Gasteiger partial charge in [0, 0.05) is 12.7 Å². The number of aromatic nitrogens is 1. The summed E-state index contributed by atoms with van der Waals surface area (Å²) in [6.07, 6.45) is 1.50. The van der Waals surface area contributed by atoms with Crippen LogP contribution >= 0.6 is 0 Å². The number of esters is 1. The Labute approximate surface area is 169 Å². The molecule has 6 heteroatoms. The van der Waals surface area contributed by atoms with Gasteiger partial charge in [0.15, 0.2) is 0 Å². The Morgan fingerprint density at radius 2 is 1.86 bits per heavy atom. The van der Waals surface area contributed by atoms with Crippen LogP contribution in [-0.4, -0.2) is 23.5 Å². The van der Waals surface area contributed by atoms with Crippen molar-refractivity contribution in [3.05, 3.63) is 89.1 Å². The molecule has 6 nitrogen and oxygen atoms in total. The Balaban J connectivity index is 1.64. The molecule has 0 fully saturated rings. The molecule has 0 radical (unpaired) electrons. The number of amides is 1. The quantitative estimate of drug-likeness (QED) is 0.584. The van der Waals surface area contributed by atoms with Crippen molar-refractivity contribution in [1.82, 2.24) is 4.98 Å². The maximum Gasteiger partial charge on any atom is 0.340 e. The molecule has 0 bridgehead atoms. The lowest BCUT2D eigenvalue weighted by molar-refractivity contribution is 0.0527. The second-order valence-electron chi connectivity index (χ2n) is 6.49. The summed E-state index contributed by atoms with van der Waals surface area (Å²) in [4.78, 5) is 28.9. The van der Waals surface area contributed by atoms with E-state index in [1.807, 2.05) is 12.1 Å². The normalized spacial score (nSPS) is 10.3. The molecule has 3 aromatic rings. The van der Waals surface area contributed by atoms with E-state index in [1.165, 1.54) is 11.8 Å². The summed E-state index contributed by atoms with van der Waals surface area (Å²) in [6, 6.07) is 18.4. The van der Waals surface area contributed by atoms with E-state index in [1.54, 1.807) is 43.3 Å². The SMILES string of the molecule is CCOC(=O)c1ccccc1NC(=O)c1ccc(NCc2cccc(C)c2)nc1. The third-order valence-corrected chi connectivity index (χ3v) is 4.25. The number of pyridine rings is 1. The van der Waals surface area contributed by atoms with E-state index in [2.05, 4.69) is 34.7 Å². The molecule has 148 valence electrons.